The number of benzene rings is 1. The highest BCUT2D eigenvalue weighted by molar-refractivity contribution is 7.89. The second-order valence-electron chi connectivity index (χ2n) is 9.86. The molecule has 12 heteroatoms. The van der Waals surface area contributed by atoms with Crippen LogP contribution in [0, 0.1) is 16.0 Å². The summed E-state index contributed by atoms with van der Waals surface area (Å²) in [7, 11) is -3.90. The maximum absolute atomic E-state index is 13.3. The first-order chi connectivity index (χ1) is 17.7. The molecular weight excluding hydrogens is 534 g/mol. The van der Waals surface area contributed by atoms with Crippen LogP contribution in [0.4, 0.5) is 11.5 Å². The highest BCUT2D eigenvalue weighted by atomic mass is 35.5. The van der Waals surface area contributed by atoms with Crippen molar-refractivity contribution in [3.63, 3.8) is 0 Å². The number of halogens is 1. The van der Waals surface area contributed by atoms with Crippen molar-refractivity contribution in [2.75, 3.05) is 31.1 Å². The Morgan fingerprint density at radius 2 is 1.97 bits per heavy atom. The summed E-state index contributed by atoms with van der Waals surface area (Å²) in [5, 5.41) is 12.3. The number of unbranched alkanes of at least 4 members (excludes halogenated alkanes) is 1. The van der Waals surface area contributed by atoms with Crippen molar-refractivity contribution in [3.8, 4) is 0 Å². The predicted octanol–water partition coefficient (Wildman–Crippen LogP) is 5.23. The van der Waals surface area contributed by atoms with Gasteiger partial charge in [-0.1, -0.05) is 31.9 Å². The monoisotopic (exact) mass is 563 g/mol. The SMILES string of the molecule is CCCCc1nc(N2CCN(S(=O)(=O)c3ccc(Cl)c([N+](=O)[O-])c3)CC2)c2c3c(sc2n1)CC(C)CC3. The largest absolute Gasteiger partial charge is 0.353 e. The zero-order valence-corrected chi connectivity index (χ0v) is 23.3. The van der Waals surface area contributed by atoms with Gasteiger partial charge in [-0.3, -0.25) is 10.1 Å². The van der Waals surface area contributed by atoms with Crippen molar-refractivity contribution >= 4 is 54.7 Å². The summed E-state index contributed by atoms with van der Waals surface area (Å²) in [4.78, 5) is 25.0. The smallest absolute Gasteiger partial charge is 0.289 e. The normalized spacial score (nSPS) is 18.8. The third kappa shape index (κ3) is 5.06. The van der Waals surface area contributed by atoms with Gasteiger partial charge in [0.25, 0.3) is 5.69 Å². The number of thiophene rings is 1. The van der Waals surface area contributed by atoms with E-state index in [4.69, 9.17) is 21.6 Å². The number of anilines is 1. The number of hydrogen-bond donors (Lipinski definition) is 0. The summed E-state index contributed by atoms with van der Waals surface area (Å²) < 4.78 is 28.0. The quantitative estimate of drug-likeness (QED) is 0.286. The van der Waals surface area contributed by atoms with Crippen LogP contribution >= 0.6 is 22.9 Å². The predicted molar refractivity (Wildman–Crippen MR) is 146 cm³/mol. The van der Waals surface area contributed by atoms with E-state index in [-0.39, 0.29) is 23.0 Å². The van der Waals surface area contributed by atoms with Gasteiger partial charge in [-0.2, -0.15) is 4.31 Å². The number of nitrogens with zero attached hydrogens (tertiary/aromatic N) is 5. The molecule has 2 aliphatic rings. The van der Waals surface area contributed by atoms with E-state index in [1.165, 1.54) is 26.9 Å². The fourth-order valence-electron chi connectivity index (χ4n) is 5.12. The number of aryl methyl sites for hydroxylation is 2. The second-order valence-corrected chi connectivity index (χ2v) is 13.3. The maximum atomic E-state index is 13.3. The standard InChI is InChI=1S/C25H30ClN5O4S2/c1-3-4-5-22-27-24(23-18-8-6-16(2)14-21(18)36-25(23)28-22)29-10-12-30(13-11-29)37(34,35)17-7-9-19(26)20(15-17)31(32)33/h7,9,15-16H,3-6,8,10-14H2,1-2H3. The lowest BCUT2D eigenvalue weighted by Gasteiger charge is -2.35. The molecular formula is C25H30ClN5O4S2. The van der Waals surface area contributed by atoms with Gasteiger partial charge in [0.2, 0.25) is 10.0 Å². The minimum absolute atomic E-state index is 0.0890. The highest BCUT2D eigenvalue weighted by Gasteiger charge is 2.32. The van der Waals surface area contributed by atoms with Crippen LogP contribution in [0.25, 0.3) is 10.2 Å². The minimum atomic E-state index is -3.90. The Hall–Kier alpha value is -2.34. The number of rotatable bonds is 7. The summed E-state index contributed by atoms with van der Waals surface area (Å²) in [5.41, 5.74) is 0.944. The molecule has 1 fully saturated rings. The van der Waals surface area contributed by atoms with Crippen molar-refractivity contribution in [3.05, 3.63) is 49.6 Å². The number of sulfonamides is 1. The van der Waals surface area contributed by atoms with Crippen LogP contribution in [0.5, 0.6) is 0 Å². The molecule has 1 unspecified atom stereocenters. The molecule has 3 heterocycles. The number of nitro groups is 1. The van der Waals surface area contributed by atoms with Gasteiger partial charge in [0.1, 0.15) is 21.5 Å². The molecule has 1 atom stereocenters. The molecule has 0 N–H and O–H groups in total. The molecule has 0 saturated carbocycles. The van der Waals surface area contributed by atoms with Gasteiger partial charge in [0.15, 0.2) is 0 Å². The summed E-state index contributed by atoms with van der Waals surface area (Å²) >= 11 is 7.67. The molecule has 0 radical (unpaired) electrons. The first-order valence-electron chi connectivity index (χ1n) is 12.7. The molecule has 1 aliphatic carbocycles. The van der Waals surface area contributed by atoms with Gasteiger partial charge in [-0.25, -0.2) is 18.4 Å². The molecule has 1 aliphatic heterocycles. The van der Waals surface area contributed by atoms with Crippen LogP contribution in [-0.4, -0.2) is 53.8 Å². The Kier molecular flexibility index (Phi) is 7.41. The lowest BCUT2D eigenvalue weighted by molar-refractivity contribution is -0.384. The average Bonchev–Trinajstić information content (AvgIpc) is 3.24. The first kappa shape index (κ1) is 26.3. The van der Waals surface area contributed by atoms with Crippen molar-refractivity contribution in [2.24, 2.45) is 5.92 Å². The lowest BCUT2D eigenvalue weighted by Crippen LogP contribution is -2.49. The summed E-state index contributed by atoms with van der Waals surface area (Å²) in [6, 6.07) is 3.62. The summed E-state index contributed by atoms with van der Waals surface area (Å²) in [6.45, 7) is 5.93. The van der Waals surface area contributed by atoms with Gasteiger partial charge in [0, 0.05) is 43.5 Å². The molecule has 1 aromatic carbocycles. The van der Waals surface area contributed by atoms with Crippen molar-refractivity contribution in [1.29, 1.82) is 0 Å². The minimum Gasteiger partial charge on any atom is -0.353 e. The van der Waals surface area contributed by atoms with E-state index in [0.29, 0.717) is 19.0 Å². The van der Waals surface area contributed by atoms with E-state index in [0.717, 1.165) is 66.5 Å². The molecule has 37 heavy (non-hydrogen) atoms. The maximum Gasteiger partial charge on any atom is 0.289 e. The van der Waals surface area contributed by atoms with Gasteiger partial charge in [-0.05, 0) is 49.3 Å². The molecule has 0 spiro atoms. The Morgan fingerprint density at radius 1 is 1.22 bits per heavy atom. The molecule has 198 valence electrons. The van der Waals surface area contributed by atoms with Gasteiger partial charge in [0.05, 0.1) is 15.2 Å². The summed E-state index contributed by atoms with van der Waals surface area (Å²) in [6.07, 6.45) is 6.14. The van der Waals surface area contributed by atoms with E-state index in [1.807, 2.05) is 0 Å². The van der Waals surface area contributed by atoms with Crippen LogP contribution in [0.2, 0.25) is 5.02 Å². The number of hydrogen-bond acceptors (Lipinski definition) is 8. The number of piperazine rings is 1. The van der Waals surface area contributed by atoms with E-state index >= 15 is 0 Å². The molecule has 0 amide bonds. The van der Waals surface area contributed by atoms with Crippen LogP contribution < -0.4 is 4.90 Å². The zero-order valence-electron chi connectivity index (χ0n) is 20.9. The van der Waals surface area contributed by atoms with E-state index in [1.54, 1.807) is 11.3 Å². The van der Waals surface area contributed by atoms with Gasteiger partial charge < -0.3 is 4.90 Å². The number of fused-ring (bicyclic) bond motifs is 3. The van der Waals surface area contributed by atoms with Gasteiger partial charge in [-0.15, -0.1) is 11.3 Å². The summed E-state index contributed by atoms with van der Waals surface area (Å²) in [5.74, 6) is 2.43. The zero-order chi connectivity index (χ0) is 26.3. The van der Waals surface area contributed by atoms with E-state index in [2.05, 4.69) is 18.7 Å². The van der Waals surface area contributed by atoms with Gasteiger partial charge >= 0.3 is 0 Å². The molecule has 1 saturated heterocycles. The third-order valence-corrected chi connectivity index (χ3v) is 10.6. The Balaban J connectivity index is 1.44. The lowest BCUT2D eigenvalue weighted by atomic mass is 9.89. The topological polar surface area (TPSA) is 110 Å². The fourth-order valence-corrected chi connectivity index (χ4v) is 8.15. The molecule has 2 aromatic heterocycles. The highest BCUT2D eigenvalue weighted by Crippen LogP contribution is 2.41. The van der Waals surface area contributed by atoms with E-state index in [9.17, 15) is 18.5 Å². The number of nitro benzene ring substituents is 1. The van der Waals surface area contributed by atoms with Crippen LogP contribution in [0.3, 0.4) is 0 Å². The Morgan fingerprint density at radius 3 is 2.68 bits per heavy atom. The Labute approximate surface area is 225 Å². The molecule has 5 rings (SSSR count). The van der Waals surface area contributed by atoms with E-state index < -0.39 is 20.6 Å². The van der Waals surface area contributed by atoms with Crippen LogP contribution in [0.15, 0.2) is 23.1 Å². The fraction of sp³-hybridized carbons (Fsp3) is 0.520. The van der Waals surface area contributed by atoms with Crippen LogP contribution in [-0.2, 0) is 29.3 Å². The van der Waals surface area contributed by atoms with Crippen molar-refractivity contribution in [2.45, 2.75) is 57.3 Å². The third-order valence-electron chi connectivity index (χ3n) is 7.23. The Bertz CT molecular complexity index is 1450. The molecule has 9 nitrogen and oxygen atoms in total. The average molecular weight is 564 g/mol. The second kappa shape index (κ2) is 10.4. The first-order valence-corrected chi connectivity index (χ1v) is 15.3. The van der Waals surface area contributed by atoms with Crippen molar-refractivity contribution in [1.82, 2.24) is 14.3 Å². The molecule has 3 aromatic rings. The van der Waals surface area contributed by atoms with Crippen LogP contribution in [0.1, 0.15) is 49.4 Å². The number of aromatic nitrogens is 2. The van der Waals surface area contributed by atoms with Crippen molar-refractivity contribution < 1.29 is 13.3 Å². The molecule has 0 bridgehead atoms.